The number of halogens is 1. The molecular formula is C15H19ClN4O. The third kappa shape index (κ3) is 3.42. The Hall–Kier alpha value is -1.88. The molecular weight excluding hydrogens is 288 g/mol. The van der Waals surface area contributed by atoms with Crippen molar-refractivity contribution in [3.8, 4) is 0 Å². The van der Waals surface area contributed by atoms with E-state index in [-0.39, 0.29) is 16.6 Å². The van der Waals surface area contributed by atoms with Crippen LogP contribution in [0.15, 0.2) is 29.3 Å². The van der Waals surface area contributed by atoms with Gasteiger partial charge in [-0.15, -0.1) is 0 Å². The number of aryl methyl sites for hydroxylation is 1. The van der Waals surface area contributed by atoms with Crippen molar-refractivity contribution in [2.45, 2.75) is 39.8 Å². The number of rotatable bonds is 5. The van der Waals surface area contributed by atoms with Gasteiger partial charge >= 0.3 is 0 Å². The van der Waals surface area contributed by atoms with Crippen molar-refractivity contribution in [3.63, 3.8) is 0 Å². The maximum absolute atomic E-state index is 12.1. The largest absolute Gasteiger partial charge is 0.377 e. The lowest BCUT2D eigenvalue weighted by molar-refractivity contribution is 0.503. The monoisotopic (exact) mass is 306 g/mol. The van der Waals surface area contributed by atoms with Crippen LogP contribution < -0.4 is 10.9 Å². The van der Waals surface area contributed by atoms with Crippen LogP contribution in [0.2, 0.25) is 5.02 Å². The second-order valence-electron chi connectivity index (χ2n) is 5.03. The molecule has 0 aliphatic carbocycles. The molecule has 2 aromatic heterocycles. The molecule has 0 bridgehead atoms. The van der Waals surface area contributed by atoms with E-state index < -0.39 is 0 Å². The Morgan fingerprint density at radius 3 is 2.86 bits per heavy atom. The molecule has 112 valence electrons. The molecule has 0 fully saturated rings. The fourth-order valence-corrected chi connectivity index (χ4v) is 2.27. The van der Waals surface area contributed by atoms with Crippen LogP contribution in [0.4, 0.5) is 5.69 Å². The van der Waals surface area contributed by atoms with Crippen molar-refractivity contribution in [2.24, 2.45) is 0 Å². The first-order chi connectivity index (χ1) is 10.0. The van der Waals surface area contributed by atoms with Crippen molar-refractivity contribution in [1.82, 2.24) is 14.8 Å². The average Bonchev–Trinajstić information content (AvgIpc) is 2.48. The van der Waals surface area contributed by atoms with E-state index in [1.165, 1.54) is 10.2 Å². The van der Waals surface area contributed by atoms with Gasteiger partial charge in [-0.1, -0.05) is 24.6 Å². The Morgan fingerprint density at radius 2 is 2.19 bits per heavy atom. The van der Waals surface area contributed by atoms with E-state index in [1.54, 1.807) is 12.4 Å². The first kappa shape index (κ1) is 15.5. The fourth-order valence-electron chi connectivity index (χ4n) is 2.07. The van der Waals surface area contributed by atoms with Gasteiger partial charge in [0.2, 0.25) is 0 Å². The summed E-state index contributed by atoms with van der Waals surface area (Å²) < 4.78 is 1.37. The maximum atomic E-state index is 12.1. The quantitative estimate of drug-likeness (QED) is 0.922. The molecule has 21 heavy (non-hydrogen) atoms. The highest BCUT2D eigenvalue weighted by atomic mass is 35.5. The average molecular weight is 307 g/mol. The van der Waals surface area contributed by atoms with Crippen molar-refractivity contribution >= 4 is 17.3 Å². The van der Waals surface area contributed by atoms with E-state index in [0.29, 0.717) is 12.2 Å². The topological polar surface area (TPSA) is 59.8 Å². The number of nitrogens with one attached hydrogen (secondary N) is 1. The molecule has 0 aliphatic rings. The van der Waals surface area contributed by atoms with Crippen LogP contribution in [-0.2, 0) is 13.0 Å². The summed E-state index contributed by atoms with van der Waals surface area (Å²) in [5.74, 6) is 0. The van der Waals surface area contributed by atoms with Gasteiger partial charge in [-0.2, -0.15) is 5.10 Å². The minimum Gasteiger partial charge on any atom is -0.377 e. The highest BCUT2D eigenvalue weighted by Gasteiger charge is 2.11. The Balaban J connectivity index is 2.21. The van der Waals surface area contributed by atoms with Crippen molar-refractivity contribution in [2.75, 3.05) is 5.32 Å². The second kappa shape index (κ2) is 6.72. The minimum atomic E-state index is -0.284. The van der Waals surface area contributed by atoms with Gasteiger partial charge in [0, 0.05) is 6.20 Å². The van der Waals surface area contributed by atoms with Crippen molar-refractivity contribution < 1.29 is 0 Å². The number of anilines is 1. The third-order valence-electron chi connectivity index (χ3n) is 3.24. The zero-order valence-electron chi connectivity index (χ0n) is 12.4. The molecule has 0 radical (unpaired) electrons. The third-order valence-corrected chi connectivity index (χ3v) is 3.61. The van der Waals surface area contributed by atoms with Crippen LogP contribution in [0.1, 0.15) is 38.1 Å². The molecule has 0 atom stereocenters. The van der Waals surface area contributed by atoms with Gasteiger partial charge in [-0.05, 0) is 31.9 Å². The maximum Gasteiger partial charge on any atom is 0.287 e. The number of pyridine rings is 1. The first-order valence-electron chi connectivity index (χ1n) is 6.98. The Morgan fingerprint density at radius 1 is 1.43 bits per heavy atom. The van der Waals surface area contributed by atoms with Gasteiger partial charge in [0.05, 0.1) is 30.2 Å². The Labute approximate surface area is 129 Å². The number of hydrogen-bond acceptors (Lipinski definition) is 4. The zero-order valence-corrected chi connectivity index (χ0v) is 13.2. The molecule has 0 spiro atoms. The molecule has 2 heterocycles. The van der Waals surface area contributed by atoms with E-state index in [1.807, 2.05) is 26.0 Å². The van der Waals surface area contributed by atoms with Gasteiger partial charge in [0.1, 0.15) is 5.02 Å². The van der Waals surface area contributed by atoms with Gasteiger partial charge in [-0.3, -0.25) is 9.78 Å². The Kier molecular flexibility index (Phi) is 4.96. The standard InChI is InChI=1S/C15H19ClN4O/c1-4-11-6-5-7-17-12(11)8-18-13-9-19-20(10(2)3)15(21)14(13)16/h5-7,9-10,18H,4,8H2,1-3H3. The molecule has 5 nitrogen and oxygen atoms in total. The highest BCUT2D eigenvalue weighted by molar-refractivity contribution is 6.32. The molecule has 1 N–H and O–H groups in total. The number of hydrogen-bond donors (Lipinski definition) is 1. The predicted molar refractivity (Wildman–Crippen MR) is 84.8 cm³/mol. The number of aromatic nitrogens is 3. The van der Waals surface area contributed by atoms with Gasteiger partial charge < -0.3 is 5.32 Å². The lowest BCUT2D eigenvalue weighted by atomic mass is 10.1. The van der Waals surface area contributed by atoms with Crippen LogP contribution in [0.3, 0.4) is 0 Å². The SMILES string of the molecule is CCc1cccnc1CNc1cnn(C(C)C)c(=O)c1Cl. The summed E-state index contributed by atoms with van der Waals surface area (Å²) in [6.07, 6.45) is 4.25. The molecule has 0 aliphatic heterocycles. The summed E-state index contributed by atoms with van der Waals surface area (Å²) in [6.45, 7) is 6.37. The van der Waals surface area contributed by atoms with Crippen molar-refractivity contribution in [1.29, 1.82) is 0 Å². The zero-order chi connectivity index (χ0) is 15.4. The summed E-state index contributed by atoms with van der Waals surface area (Å²) in [5, 5.41) is 7.43. The van der Waals surface area contributed by atoms with Crippen LogP contribution in [0.5, 0.6) is 0 Å². The van der Waals surface area contributed by atoms with Crippen LogP contribution in [-0.4, -0.2) is 14.8 Å². The molecule has 0 aromatic carbocycles. The van der Waals surface area contributed by atoms with Crippen LogP contribution in [0, 0.1) is 0 Å². The van der Waals surface area contributed by atoms with Gasteiger partial charge in [0.15, 0.2) is 0 Å². The van der Waals surface area contributed by atoms with Crippen LogP contribution >= 0.6 is 11.6 Å². The molecule has 0 unspecified atom stereocenters. The van der Waals surface area contributed by atoms with E-state index in [2.05, 4.69) is 22.3 Å². The predicted octanol–water partition coefficient (Wildman–Crippen LogP) is 3.05. The smallest absolute Gasteiger partial charge is 0.287 e. The lowest BCUT2D eigenvalue weighted by Gasteiger charge is -2.13. The lowest BCUT2D eigenvalue weighted by Crippen LogP contribution is -2.25. The molecule has 0 amide bonds. The molecule has 0 saturated heterocycles. The second-order valence-corrected chi connectivity index (χ2v) is 5.41. The molecule has 6 heteroatoms. The highest BCUT2D eigenvalue weighted by Crippen LogP contribution is 2.18. The normalized spacial score (nSPS) is 10.9. The summed E-state index contributed by atoms with van der Waals surface area (Å²) in [6, 6.07) is 3.94. The van der Waals surface area contributed by atoms with E-state index in [0.717, 1.165) is 12.1 Å². The minimum absolute atomic E-state index is 0.0217. The molecule has 2 aromatic rings. The molecule has 0 saturated carbocycles. The van der Waals surface area contributed by atoms with E-state index in [4.69, 9.17) is 11.6 Å². The van der Waals surface area contributed by atoms with Crippen LogP contribution in [0.25, 0.3) is 0 Å². The summed E-state index contributed by atoms with van der Waals surface area (Å²) in [5.41, 5.74) is 2.37. The van der Waals surface area contributed by atoms with Gasteiger partial charge in [-0.25, -0.2) is 4.68 Å². The first-order valence-corrected chi connectivity index (χ1v) is 7.36. The summed E-state index contributed by atoms with van der Waals surface area (Å²) in [7, 11) is 0. The van der Waals surface area contributed by atoms with E-state index in [9.17, 15) is 4.79 Å². The molecule has 2 rings (SSSR count). The summed E-state index contributed by atoms with van der Waals surface area (Å²) >= 11 is 6.13. The number of nitrogens with zero attached hydrogens (tertiary/aromatic N) is 3. The van der Waals surface area contributed by atoms with Crippen molar-refractivity contribution in [3.05, 3.63) is 51.2 Å². The Bertz CT molecular complexity index is 682. The fraction of sp³-hybridized carbons (Fsp3) is 0.400. The van der Waals surface area contributed by atoms with E-state index >= 15 is 0 Å². The summed E-state index contributed by atoms with van der Waals surface area (Å²) in [4.78, 5) is 16.4. The van der Waals surface area contributed by atoms with Gasteiger partial charge in [0.25, 0.3) is 5.56 Å².